The molecule has 3 nitrogen and oxygen atoms in total. The van der Waals surface area contributed by atoms with Crippen molar-refractivity contribution in [2.75, 3.05) is 6.54 Å². The summed E-state index contributed by atoms with van der Waals surface area (Å²) in [6.45, 7) is 3.28. The van der Waals surface area contributed by atoms with E-state index in [9.17, 15) is 9.18 Å². The monoisotopic (exact) mass is 250 g/mol. The van der Waals surface area contributed by atoms with E-state index in [0.29, 0.717) is 6.54 Å². The van der Waals surface area contributed by atoms with Gasteiger partial charge in [0.1, 0.15) is 5.82 Å². The van der Waals surface area contributed by atoms with Crippen molar-refractivity contribution in [1.29, 1.82) is 0 Å². The van der Waals surface area contributed by atoms with Gasteiger partial charge in [-0.05, 0) is 43.5 Å². The Labute approximate surface area is 107 Å². The van der Waals surface area contributed by atoms with Crippen molar-refractivity contribution in [3.8, 4) is 0 Å². The molecule has 1 unspecified atom stereocenters. The number of carbonyl (C=O) groups excluding carboxylic acids is 1. The maximum absolute atomic E-state index is 13.0. The maximum atomic E-state index is 13.0. The average Bonchev–Trinajstić information content (AvgIpc) is 2.86. The summed E-state index contributed by atoms with van der Waals surface area (Å²) in [5.74, 6) is -0.252. The molecule has 1 fully saturated rings. The Morgan fingerprint density at radius 1 is 1.56 bits per heavy atom. The second-order valence-corrected chi connectivity index (χ2v) is 4.78. The molecule has 1 atom stereocenters. The highest BCUT2D eigenvalue weighted by Gasteiger charge is 2.38. The van der Waals surface area contributed by atoms with Gasteiger partial charge in [0.25, 0.3) is 0 Å². The van der Waals surface area contributed by atoms with Crippen LogP contribution in [0.2, 0.25) is 0 Å². The average molecular weight is 250 g/mol. The van der Waals surface area contributed by atoms with Gasteiger partial charge in [-0.2, -0.15) is 0 Å². The third-order valence-corrected chi connectivity index (χ3v) is 3.62. The smallest absolute Gasteiger partial charge is 0.240 e. The summed E-state index contributed by atoms with van der Waals surface area (Å²) in [6, 6.07) is 6.31. The topological polar surface area (TPSA) is 41.1 Å². The van der Waals surface area contributed by atoms with Crippen LogP contribution in [0.5, 0.6) is 0 Å². The second-order valence-electron chi connectivity index (χ2n) is 4.78. The summed E-state index contributed by atoms with van der Waals surface area (Å²) < 4.78 is 13.0. The van der Waals surface area contributed by atoms with Crippen LogP contribution in [0.1, 0.15) is 31.7 Å². The van der Waals surface area contributed by atoms with E-state index in [1.165, 1.54) is 12.1 Å². The Hall–Kier alpha value is -1.42. The number of benzene rings is 1. The standard InChI is InChI=1S/C14H19FN2O/c1-2-14(7-4-8-17-14)13(18)16-10-11-5-3-6-12(15)9-11/h3,5-6,9,17H,2,4,7-8,10H2,1H3,(H,16,18). The number of nitrogens with one attached hydrogen (secondary N) is 2. The van der Waals surface area contributed by atoms with E-state index in [1.54, 1.807) is 6.07 Å². The van der Waals surface area contributed by atoms with E-state index in [0.717, 1.165) is 31.4 Å². The van der Waals surface area contributed by atoms with Crippen LogP contribution in [-0.4, -0.2) is 18.0 Å². The number of hydrogen-bond donors (Lipinski definition) is 2. The van der Waals surface area contributed by atoms with Crippen LogP contribution in [0, 0.1) is 5.82 Å². The highest BCUT2D eigenvalue weighted by atomic mass is 19.1. The predicted molar refractivity (Wildman–Crippen MR) is 68.5 cm³/mol. The van der Waals surface area contributed by atoms with Crippen LogP contribution < -0.4 is 10.6 Å². The summed E-state index contributed by atoms with van der Waals surface area (Å²) in [5, 5.41) is 6.17. The summed E-state index contributed by atoms with van der Waals surface area (Å²) in [6.07, 6.45) is 2.68. The van der Waals surface area contributed by atoms with Gasteiger partial charge >= 0.3 is 0 Å². The summed E-state index contributed by atoms with van der Waals surface area (Å²) >= 11 is 0. The van der Waals surface area contributed by atoms with Gasteiger partial charge in [-0.25, -0.2) is 4.39 Å². The van der Waals surface area contributed by atoms with Crippen LogP contribution in [0.25, 0.3) is 0 Å². The van der Waals surface area contributed by atoms with E-state index in [4.69, 9.17) is 0 Å². The molecule has 1 aliphatic rings. The van der Waals surface area contributed by atoms with Gasteiger partial charge in [-0.3, -0.25) is 4.79 Å². The van der Waals surface area contributed by atoms with Crippen LogP contribution in [0.3, 0.4) is 0 Å². The molecule has 0 spiro atoms. The van der Waals surface area contributed by atoms with Gasteiger partial charge in [0.15, 0.2) is 0 Å². The number of amides is 1. The molecule has 0 aliphatic carbocycles. The first-order chi connectivity index (χ1) is 8.66. The zero-order chi connectivity index (χ0) is 13.0. The highest BCUT2D eigenvalue weighted by molar-refractivity contribution is 5.86. The first-order valence-electron chi connectivity index (χ1n) is 6.44. The molecule has 1 heterocycles. The van der Waals surface area contributed by atoms with Gasteiger partial charge < -0.3 is 10.6 Å². The lowest BCUT2D eigenvalue weighted by molar-refractivity contribution is -0.127. The number of carbonyl (C=O) groups is 1. The van der Waals surface area contributed by atoms with Crippen LogP contribution >= 0.6 is 0 Å². The highest BCUT2D eigenvalue weighted by Crippen LogP contribution is 2.23. The Kier molecular flexibility index (Phi) is 3.97. The van der Waals surface area contributed by atoms with E-state index >= 15 is 0 Å². The fourth-order valence-corrected chi connectivity index (χ4v) is 2.46. The van der Waals surface area contributed by atoms with Crippen molar-refractivity contribution in [1.82, 2.24) is 10.6 Å². The third-order valence-electron chi connectivity index (χ3n) is 3.62. The first kappa shape index (κ1) is 13.0. The lowest BCUT2D eigenvalue weighted by Gasteiger charge is -2.26. The van der Waals surface area contributed by atoms with E-state index in [2.05, 4.69) is 10.6 Å². The Morgan fingerprint density at radius 3 is 3.00 bits per heavy atom. The van der Waals surface area contributed by atoms with Gasteiger partial charge in [0.05, 0.1) is 5.54 Å². The molecule has 98 valence electrons. The lowest BCUT2D eigenvalue weighted by atomic mass is 9.93. The van der Waals surface area contributed by atoms with Gasteiger partial charge in [0.2, 0.25) is 5.91 Å². The van der Waals surface area contributed by atoms with Crippen molar-refractivity contribution < 1.29 is 9.18 Å². The minimum Gasteiger partial charge on any atom is -0.350 e. The van der Waals surface area contributed by atoms with Crippen molar-refractivity contribution in [2.45, 2.75) is 38.3 Å². The molecule has 1 aromatic carbocycles. The van der Waals surface area contributed by atoms with Crippen LogP contribution in [0.15, 0.2) is 24.3 Å². The molecule has 2 rings (SSSR count). The van der Waals surface area contributed by atoms with Gasteiger partial charge in [-0.1, -0.05) is 19.1 Å². The molecule has 0 saturated carbocycles. The van der Waals surface area contributed by atoms with Crippen molar-refractivity contribution in [3.05, 3.63) is 35.6 Å². The quantitative estimate of drug-likeness (QED) is 0.858. The van der Waals surface area contributed by atoms with Crippen LogP contribution in [0.4, 0.5) is 4.39 Å². The molecule has 2 N–H and O–H groups in total. The minimum atomic E-state index is -0.423. The molecule has 4 heteroatoms. The van der Waals surface area contributed by atoms with Crippen molar-refractivity contribution >= 4 is 5.91 Å². The largest absolute Gasteiger partial charge is 0.350 e. The summed E-state index contributed by atoms with van der Waals surface area (Å²) in [5.41, 5.74) is 0.362. The molecule has 1 saturated heterocycles. The molecule has 1 aliphatic heterocycles. The van der Waals surface area contributed by atoms with Crippen molar-refractivity contribution in [2.24, 2.45) is 0 Å². The number of halogens is 1. The normalized spacial score (nSPS) is 23.0. The zero-order valence-electron chi connectivity index (χ0n) is 10.6. The third kappa shape index (κ3) is 2.70. The Bertz CT molecular complexity index is 428. The Balaban J connectivity index is 1.95. The van der Waals surface area contributed by atoms with E-state index in [-0.39, 0.29) is 11.7 Å². The Morgan fingerprint density at radius 2 is 2.39 bits per heavy atom. The molecule has 0 bridgehead atoms. The fraction of sp³-hybridized carbons (Fsp3) is 0.500. The molecule has 0 aromatic heterocycles. The minimum absolute atomic E-state index is 0.0201. The fourth-order valence-electron chi connectivity index (χ4n) is 2.46. The number of rotatable bonds is 4. The molecular weight excluding hydrogens is 231 g/mol. The molecule has 18 heavy (non-hydrogen) atoms. The van der Waals surface area contributed by atoms with Crippen molar-refractivity contribution in [3.63, 3.8) is 0 Å². The zero-order valence-corrected chi connectivity index (χ0v) is 10.6. The first-order valence-corrected chi connectivity index (χ1v) is 6.44. The second kappa shape index (κ2) is 5.48. The predicted octanol–water partition coefficient (Wildman–Crippen LogP) is 1.97. The van der Waals surface area contributed by atoms with E-state index in [1.807, 2.05) is 13.0 Å². The SMILES string of the molecule is CCC1(C(=O)NCc2cccc(F)c2)CCCN1. The number of hydrogen-bond acceptors (Lipinski definition) is 2. The summed E-state index contributed by atoms with van der Waals surface area (Å²) in [4.78, 5) is 12.2. The lowest BCUT2D eigenvalue weighted by Crippen LogP contribution is -2.52. The van der Waals surface area contributed by atoms with Crippen LogP contribution in [-0.2, 0) is 11.3 Å². The summed E-state index contributed by atoms with van der Waals surface area (Å²) in [7, 11) is 0. The van der Waals surface area contributed by atoms with E-state index < -0.39 is 5.54 Å². The molecular formula is C14H19FN2O. The maximum Gasteiger partial charge on any atom is 0.240 e. The van der Waals surface area contributed by atoms with Gasteiger partial charge in [0, 0.05) is 6.54 Å². The molecule has 0 radical (unpaired) electrons. The van der Waals surface area contributed by atoms with Gasteiger partial charge in [-0.15, -0.1) is 0 Å². The molecule has 1 amide bonds. The molecule has 1 aromatic rings.